The molecular weight excluding hydrogens is 631 g/mol. The fourth-order valence-corrected chi connectivity index (χ4v) is 5.08. The quantitative estimate of drug-likeness (QED) is 0.0712. The molecule has 4 aromatic carbocycles. The number of halogens is 3. The van der Waals surface area contributed by atoms with Crippen molar-refractivity contribution in [3.63, 3.8) is 0 Å². The van der Waals surface area contributed by atoms with E-state index in [0.29, 0.717) is 46.0 Å². The molecule has 0 atom stereocenters. The number of aldehydes is 1. The summed E-state index contributed by atoms with van der Waals surface area (Å²) in [7, 11) is 0. The van der Waals surface area contributed by atoms with Crippen molar-refractivity contribution in [3.8, 4) is 28.4 Å². The lowest BCUT2D eigenvalue weighted by Crippen LogP contribution is -2.02. The number of benzene rings is 4. The monoisotopic (exact) mass is 654 g/mol. The zero-order chi connectivity index (χ0) is 28.6. The van der Waals surface area contributed by atoms with Gasteiger partial charge >= 0.3 is 0 Å². The highest BCUT2D eigenvalue weighted by Gasteiger charge is 2.14. The fraction of sp³-hybridized carbons (Fsp3) is 0.194. The van der Waals surface area contributed by atoms with E-state index in [1.807, 2.05) is 48.5 Å². The number of carbonyl (C=O) groups excluding carboxylic acids is 1. The highest BCUT2D eigenvalue weighted by atomic mass is 79.9. The average molecular weight is 656 g/mol. The van der Waals surface area contributed by atoms with E-state index in [1.165, 1.54) is 6.07 Å². The number of rotatable bonds is 13. The van der Waals surface area contributed by atoms with Crippen molar-refractivity contribution >= 4 is 56.5 Å². The van der Waals surface area contributed by atoms with E-state index in [9.17, 15) is 4.79 Å². The first kappa shape index (κ1) is 28.9. The van der Waals surface area contributed by atoms with E-state index in [-0.39, 0.29) is 18.2 Å². The van der Waals surface area contributed by atoms with Gasteiger partial charge < -0.3 is 14.2 Å². The van der Waals surface area contributed by atoms with Gasteiger partial charge in [-0.2, -0.15) is 0 Å². The summed E-state index contributed by atoms with van der Waals surface area (Å²) in [6.45, 7) is 1.00. The Morgan fingerprint density at radius 3 is 2.51 bits per heavy atom. The molecule has 5 rings (SSSR count). The molecule has 0 saturated carbocycles. The van der Waals surface area contributed by atoms with Gasteiger partial charge in [0.05, 0.1) is 22.2 Å². The molecule has 5 aromatic rings. The Labute approximate surface area is 255 Å². The number of hydrogen-bond acceptors (Lipinski definition) is 7. The second-order valence-electron chi connectivity index (χ2n) is 9.15. The normalized spacial score (nSPS) is 11.0. The van der Waals surface area contributed by atoms with E-state index < -0.39 is 0 Å². The van der Waals surface area contributed by atoms with E-state index in [1.54, 1.807) is 18.2 Å². The van der Waals surface area contributed by atoms with E-state index >= 15 is 0 Å². The van der Waals surface area contributed by atoms with Crippen LogP contribution < -0.4 is 14.2 Å². The Morgan fingerprint density at radius 2 is 1.66 bits per heavy atom. The van der Waals surface area contributed by atoms with Gasteiger partial charge in [-0.3, -0.25) is 4.79 Å². The minimum absolute atomic E-state index is 0.158. The summed E-state index contributed by atoms with van der Waals surface area (Å²) in [4.78, 5) is 11.7. The van der Waals surface area contributed by atoms with E-state index in [2.05, 4.69) is 26.2 Å². The number of ether oxygens (including phenoxy) is 3. The van der Waals surface area contributed by atoms with Gasteiger partial charge in [0.1, 0.15) is 41.5 Å². The lowest BCUT2D eigenvalue weighted by molar-refractivity contribution is 0.111. The van der Waals surface area contributed by atoms with E-state index in [0.717, 1.165) is 46.2 Å². The second-order valence-corrected chi connectivity index (χ2v) is 10.7. The maximum atomic E-state index is 11.7. The van der Waals surface area contributed by atoms with Crippen LogP contribution in [0.15, 0.2) is 77.4 Å². The summed E-state index contributed by atoms with van der Waals surface area (Å²) in [5, 5.41) is 9.46. The van der Waals surface area contributed by atoms with Gasteiger partial charge in [-0.1, -0.05) is 75.5 Å². The molecule has 10 heteroatoms. The Bertz CT molecular complexity index is 1660. The molecule has 0 radical (unpaired) electrons. The van der Waals surface area contributed by atoms with Crippen molar-refractivity contribution < 1.29 is 23.6 Å². The molecule has 0 bridgehead atoms. The molecule has 41 heavy (non-hydrogen) atoms. The van der Waals surface area contributed by atoms with Gasteiger partial charge in [-0.05, 0) is 64.6 Å². The third kappa shape index (κ3) is 7.19. The lowest BCUT2D eigenvalue weighted by atomic mass is 10.0. The molecule has 1 heterocycles. The lowest BCUT2D eigenvalue weighted by Gasteiger charge is -2.15. The van der Waals surface area contributed by atoms with Gasteiger partial charge in [-0.15, -0.1) is 0 Å². The molecule has 0 aliphatic rings. The molecule has 0 fully saturated rings. The molecular formula is C31H25BrCl2N2O5. The first-order valence-corrected chi connectivity index (χ1v) is 14.8. The molecule has 0 saturated heterocycles. The van der Waals surface area contributed by atoms with Crippen LogP contribution in [-0.4, -0.2) is 28.5 Å². The van der Waals surface area contributed by atoms with Crippen LogP contribution in [0.3, 0.4) is 0 Å². The molecule has 0 aliphatic heterocycles. The summed E-state index contributed by atoms with van der Waals surface area (Å²) < 4.78 is 22.7. The summed E-state index contributed by atoms with van der Waals surface area (Å²) in [5.74, 6) is 1.50. The Hall–Kier alpha value is -3.59. The van der Waals surface area contributed by atoms with Crippen molar-refractivity contribution in [1.29, 1.82) is 0 Å². The van der Waals surface area contributed by atoms with Gasteiger partial charge in [0.25, 0.3) is 0 Å². The van der Waals surface area contributed by atoms with Crippen LogP contribution in [-0.2, 0) is 13.2 Å². The van der Waals surface area contributed by atoms with Gasteiger partial charge in [0.15, 0.2) is 6.29 Å². The van der Waals surface area contributed by atoms with Crippen molar-refractivity contribution in [2.24, 2.45) is 0 Å². The largest absolute Gasteiger partial charge is 0.494 e. The molecule has 0 N–H and O–H groups in total. The summed E-state index contributed by atoms with van der Waals surface area (Å²) in [5.41, 5.74) is 4.99. The average Bonchev–Trinajstić information content (AvgIpc) is 3.47. The number of aromatic nitrogens is 2. The number of alkyl halides is 1. The van der Waals surface area contributed by atoms with Crippen LogP contribution in [0, 0.1) is 0 Å². The second kappa shape index (κ2) is 13.9. The molecule has 0 spiro atoms. The van der Waals surface area contributed by atoms with Crippen LogP contribution in [0.5, 0.6) is 17.2 Å². The summed E-state index contributed by atoms with van der Waals surface area (Å²) >= 11 is 16.7. The van der Waals surface area contributed by atoms with Crippen LogP contribution in [0.25, 0.3) is 22.2 Å². The molecule has 0 amide bonds. The van der Waals surface area contributed by atoms with Crippen molar-refractivity contribution in [2.45, 2.75) is 26.1 Å². The third-order valence-electron chi connectivity index (χ3n) is 6.31. The van der Waals surface area contributed by atoms with Crippen LogP contribution in [0.1, 0.15) is 34.3 Å². The zero-order valence-corrected chi connectivity index (χ0v) is 24.9. The predicted octanol–water partition coefficient (Wildman–Crippen LogP) is 8.72. The SMILES string of the molecule is O=Cc1cc(Cl)c(OCc2cccc(-c3cccc(OCCCCBr)c3)c2Cl)cc1OCc1ccc2nonc2c1. The Balaban J connectivity index is 1.30. The predicted molar refractivity (Wildman–Crippen MR) is 163 cm³/mol. The van der Waals surface area contributed by atoms with Crippen molar-refractivity contribution in [3.05, 3.63) is 99.5 Å². The Kier molecular flexibility index (Phi) is 9.77. The van der Waals surface area contributed by atoms with Crippen molar-refractivity contribution in [2.75, 3.05) is 11.9 Å². The number of carbonyl (C=O) groups is 1. The minimum atomic E-state index is 0.158. The maximum absolute atomic E-state index is 11.7. The summed E-state index contributed by atoms with van der Waals surface area (Å²) in [6.07, 6.45) is 2.72. The van der Waals surface area contributed by atoms with Crippen molar-refractivity contribution in [1.82, 2.24) is 10.3 Å². The number of nitrogens with zero attached hydrogens (tertiary/aromatic N) is 2. The maximum Gasteiger partial charge on any atom is 0.153 e. The van der Waals surface area contributed by atoms with Crippen LogP contribution in [0.4, 0.5) is 0 Å². The smallest absolute Gasteiger partial charge is 0.153 e. The first-order valence-electron chi connectivity index (χ1n) is 12.9. The number of hydrogen-bond donors (Lipinski definition) is 0. The molecule has 210 valence electrons. The highest BCUT2D eigenvalue weighted by molar-refractivity contribution is 9.09. The van der Waals surface area contributed by atoms with Gasteiger partial charge in [-0.25, -0.2) is 4.63 Å². The molecule has 0 aliphatic carbocycles. The highest BCUT2D eigenvalue weighted by Crippen LogP contribution is 2.36. The van der Waals surface area contributed by atoms with E-state index in [4.69, 9.17) is 42.0 Å². The van der Waals surface area contributed by atoms with Gasteiger partial charge in [0, 0.05) is 22.5 Å². The topological polar surface area (TPSA) is 83.7 Å². The zero-order valence-electron chi connectivity index (χ0n) is 21.8. The molecule has 0 unspecified atom stereocenters. The first-order chi connectivity index (χ1) is 20.1. The fourth-order valence-electron chi connectivity index (χ4n) is 4.17. The van der Waals surface area contributed by atoms with Gasteiger partial charge in [0.2, 0.25) is 0 Å². The van der Waals surface area contributed by atoms with Crippen LogP contribution in [0.2, 0.25) is 10.0 Å². The molecule has 1 aromatic heterocycles. The number of fused-ring (bicyclic) bond motifs is 1. The number of unbranched alkanes of at least 4 members (excludes halogenated alkanes) is 1. The van der Waals surface area contributed by atoms with Crippen LogP contribution >= 0.6 is 39.1 Å². The minimum Gasteiger partial charge on any atom is -0.494 e. The Morgan fingerprint density at radius 1 is 0.829 bits per heavy atom. The summed E-state index contributed by atoms with van der Waals surface area (Å²) in [6, 6.07) is 22.2. The molecule has 7 nitrogen and oxygen atoms in total. The standard InChI is InChI=1S/C31H25BrCl2N2O5/c32-11-1-2-12-38-24-7-3-5-21(14-24)25-8-4-6-22(31(25)34)19-40-30-16-29(23(17-37)15-26(30)33)39-18-20-9-10-27-28(13-20)36-41-35-27/h3-10,13-17H,1-2,11-12,18-19H2. The third-order valence-corrected chi connectivity index (χ3v) is 7.61.